The second-order valence-electron chi connectivity index (χ2n) is 6.48. The Morgan fingerprint density at radius 1 is 1.30 bits per heavy atom. The van der Waals surface area contributed by atoms with Gasteiger partial charge in [-0.3, -0.25) is 0 Å². The Labute approximate surface area is 120 Å². The third-order valence-electron chi connectivity index (χ3n) is 4.02. The Morgan fingerprint density at radius 3 is 2.25 bits per heavy atom. The minimum Gasteiger partial charge on any atom is -0.480 e. The van der Waals surface area contributed by atoms with Gasteiger partial charge in [-0.1, -0.05) is 20.8 Å². The van der Waals surface area contributed by atoms with E-state index in [1.165, 1.54) is 0 Å². The third-order valence-corrected chi connectivity index (χ3v) is 4.02. The first-order valence-electron chi connectivity index (χ1n) is 7.14. The highest BCUT2D eigenvalue weighted by Crippen LogP contribution is 2.34. The summed E-state index contributed by atoms with van der Waals surface area (Å²) in [6.07, 6.45) is 1.91. The summed E-state index contributed by atoms with van der Waals surface area (Å²) in [6.45, 7) is 7.65. The number of nitrogens with zero attached hydrogens (tertiary/aromatic N) is 1. The van der Waals surface area contributed by atoms with Gasteiger partial charge in [-0.15, -0.1) is 0 Å². The van der Waals surface area contributed by atoms with Crippen molar-refractivity contribution < 1.29 is 19.8 Å². The molecule has 0 saturated carbocycles. The van der Waals surface area contributed by atoms with E-state index in [0.29, 0.717) is 19.0 Å². The van der Waals surface area contributed by atoms with Crippen molar-refractivity contribution in [2.75, 3.05) is 19.7 Å². The van der Waals surface area contributed by atoms with Gasteiger partial charge < -0.3 is 20.4 Å². The first-order chi connectivity index (χ1) is 9.25. The summed E-state index contributed by atoms with van der Waals surface area (Å²) in [5.41, 5.74) is 0.239. The van der Waals surface area contributed by atoms with Gasteiger partial charge in [-0.2, -0.15) is 0 Å². The molecule has 0 aliphatic carbocycles. The number of urea groups is 1. The smallest absolute Gasteiger partial charge is 0.326 e. The summed E-state index contributed by atoms with van der Waals surface area (Å²) in [7, 11) is 0. The molecular formula is C14H26N2O4. The number of aliphatic hydroxyl groups is 1. The number of nitrogens with one attached hydrogen (secondary N) is 1. The van der Waals surface area contributed by atoms with Crippen LogP contribution in [-0.2, 0) is 4.79 Å². The molecule has 1 aliphatic rings. The summed E-state index contributed by atoms with van der Waals surface area (Å²) in [4.78, 5) is 24.6. The highest BCUT2D eigenvalue weighted by Gasteiger charge is 2.31. The van der Waals surface area contributed by atoms with E-state index in [1.807, 2.05) is 0 Å². The molecule has 0 bridgehead atoms. The number of aliphatic carboxylic acids is 1. The molecule has 1 aliphatic heterocycles. The molecule has 1 atom stereocenters. The summed E-state index contributed by atoms with van der Waals surface area (Å²) in [5.74, 6) is -0.531. The molecule has 1 unspecified atom stereocenters. The van der Waals surface area contributed by atoms with Crippen molar-refractivity contribution >= 4 is 12.0 Å². The SMILES string of the molecule is CC(C)(C)C1CCN(C(=O)NC(CCO)C(=O)O)CC1. The molecular weight excluding hydrogens is 260 g/mol. The van der Waals surface area contributed by atoms with Crippen molar-refractivity contribution in [3.05, 3.63) is 0 Å². The highest BCUT2D eigenvalue weighted by molar-refractivity contribution is 5.82. The first-order valence-corrected chi connectivity index (χ1v) is 7.14. The van der Waals surface area contributed by atoms with Gasteiger partial charge in [-0.05, 0) is 24.2 Å². The molecule has 1 fully saturated rings. The summed E-state index contributed by atoms with van der Waals surface area (Å²) in [5, 5.41) is 20.2. The molecule has 0 radical (unpaired) electrons. The van der Waals surface area contributed by atoms with E-state index in [2.05, 4.69) is 26.1 Å². The number of likely N-dealkylation sites (tertiary alicyclic amines) is 1. The van der Waals surface area contributed by atoms with Gasteiger partial charge in [0.1, 0.15) is 6.04 Å². The van der Waals surface area contributed by atoms with Crippen molar-refractivity contribution in [2.45, 2.75) is 46.1 Å². The number of piperidine rings is 1. The fraction of sp³-hybridized carbons (Fsp3) is 0.857. The predicted molar refractivity (Wildman–Crippen MR) is 75.4 cm³/mol. The maximum atomic E-state index is 12.0. The summed E-state index contributed by atoms with van der Waals surface area (Å²) in [6, 6.07) is -1.37. The van der Waals surface area contributed by atoms with Gasteiger partial charge in [0.15, 0.2) is 0 Å². The van der Waals surface area contributed by atoms with E-state index in [1.54, 1.807) is 4.90 Å². The standard InChI is InChI=1S/C14H26N2O4/c1-14(2,3)10-4-7-16(8-5-10)13(20)15-11(6-9-17)12(18)19/h10-11,17H,4-9H2,1-3H3,(H,15,20)(H,18,19). The lowest BCUT2D eigenvalue weighted by atomic mass is 9.75. The average Bonchev–Trinajstić information content (AvgIpc) is 2.37. The summed E-state index contributed by atoms with van der Waals surface area (Å²) < 4.78 is 0. The lowest BCUT2D eigenvalue weighted by molar-refractivity contribution is -0.139. The maximum Gasteiger partial charge on any atom is 0.326 e. The lowest BCUT2D eigenvalue weighted by Gasteiger charge is -2.39. The van der Waals surface area contributed by atoms with Crippen molar-refractivity contribution in [2.24, 2.45) is 11.3 Å². The molecule has 0 aromatic heterocycles. The van der Waals surface area contributed by atoms with E-state index in [4.69, 9.17) is 10.2 Å². The van der Waals surface area contributed by atoms with Crippen LogP contribution in [0.4, 0.5) is 4.79 Å². The number of amides is 2. The Hall–Kier alpha value is -1.30. The molecule has 0 spiro atoms. The van der Waals surface area contributed by atoms with Gasteiger partial charge in [0.25, 0.3) is 0 Å². The lowest BCUT2D eigenvalue weighted by Crippen LogP contribution is -2.51. The first kappa shape index (κ1) is 16.8. The number of aliphatic hydroxyl groups excluding tert-OH is 1. The zero-order valence-electron chi connectivity index (χ0n) is 12.6. The topological polar surface area (TPSA) is 89.9 Å². The van der Waals surface area contributed by atoms with Gasteiger partial charge in [0, 0.05) is 26.1 Å². The quantitative estimate of drug-likeness (QED) is 0.726. The number of carbonyl (C=O) groups is 2. The van der Waals surface area contributed by atoms with Crippen molar-refractivity contribution in [1.82, 2.24) is 10.2 Å². The Morgan fingerprint density at radius 2 is 1.85 bits per heavy atom. The van der Waals surface area contributed by atoms with Crippen LogP contribution >= 0.6 is 0 Å². The molecule has 1 rings (SSSR count). The van der Waals surface area contributed by atoms with E-state index >= 15 is 0 Å². The van der Waals surface area contributed by atoms with E-state index in [9.17, 15) is 9.59 Å². The maximum absolute atomic E-state index is 12.0. The molecule has 1 saturated heterocycles. The Kier molecular flexibility index (Phi) is 5.80. The molecule has 20 heavy (non-hydrogen) atoms. The highest BCUT2D eigenvalue weighted by atomic mass is 16.4. The molecule has 0 aromatic carbocycles. The fourth-order valence-corrected chi connectivity index (χ4v) is 2.58. The normalized spacial score (nSPS) is 18.7. The van der Waals surface area contributed by atoms with Gasteiger partial charge in [0.2, 0.25) is 0 Å². The number of carbonyl (C=O) groups excluding carboxylic acids is 1. The van der Waals surface area contributed by atoms with Crippen LogP contribution in [0.1, 0.15) is 40.0 Å². The van der Waals surface area contributed by atoms with Gasteiger partial charge in [-0.25, -0.2) is 9.59 Å². The van der Waals surface area contributed by atoms with Crippen molar-refractivity contribution in [3.63, 3.8) is 0 Å². The zero-order valence-corrected chi connectivity index (χ0v) is 12.6. The average molecular weight is 286 g/mol. The minimum atomic E-state index is -1.11. The van der Waals surface area contributed by atoms with Crippen LogP contribution < -0.4 is 5.32 Å². The second kappa shape index (κ2) is 6.92. The minimum absolute atomic E-state index is 0.0273. The van der Waals surface area contributed by atoms with Crippen LogP contribution in [0.5, 0.6) is 0 Å². The van der Waals surface area contributed by atoms with Crippen LogP contribution in [0, 0.1) is 11.3 Å². The molecule has 3 N–H and O–H groups in total. The number of hydrogen-bond donors (Lipinski definition) is 3. The number of hydrogen-bond acceptors (Lipinski definition) is 3. The van der Waals surface area contributed by atoms with Crippen LogP contribution in [-0.4, -0.2) is 52.9 Å². The fourth-order valence-electron chi connectivity index (χ4n) is 2.58. The third kappa shape index (κ3) is 4.67. The number of carboxylic acids is 1. The molecule has 0 aromatic rings. The van der Waals surface area contributed by atoms with E-state index < -0.39 is 12.0 Å². The van der Waals surface area contributed by atoms with E-state index in [-0.39, 0.29) is 24.5 Å². The molecule has 2 amide bonds. The Balaban J connectivity index is 2.48. The van der Waals surface area contributed by atoms with Gasteiger partial charge in [0.05, 0.1) is 0 Å². The van der Waals surface area contributed by atoms with Gasteiger partial charge >= 0.3 is 12.0 Å². The Bertz CT molecular complexity index is 344. The molecule has 6 nitrogen and oxygen atoms in total. The molecule has 6 heteroatoms. The van der Waals surface area contributed by atoms with Crippen molar-refractivity contribution in [3.8, 4) is 0 Å². The number of rotatable bonds is 4. The molecule has 116 valence electrons. The molecule has 1 heterocycles. The zero-order chi connectivity index (χ0) is 15.3. The van der Waals surface area contributed by atoms with Crippen LogP contribution in [0.3, 0.4) is 0 Å². The monoisotopic (exact) mass is 286 g/mol. The second-order valence-corrected chi connectivity index (χ2v) is 6.48. The predicted octanol–water partition coefficient (Wildman–Crippen LogP) is 1.29. The largest absolute Gasteiger partial charge is 0.480 e. The summed E-state index contributed by atoms with van der Waals surface area (Å²) >= 11 is 0. The number of carboxylic acid groups (broad SMARTS) is 1. The van der Waals surface area contributed by atoms with Crippen LogP contribution in [0.25, 0.3) is 0 Å². The van der Waals surface area contributed by atoms with Crippen LogP contribution in [0.15, 0.2) is 0 Å². The van der Waals surface area contributed by atoms with Crippen LogP contribution in [0.2, 0.25) is 0 Å². The van der Waals surface area contributed by atoms with E-state index in [0.717, 1.165) is 12.8 Å². The van der Waals surface area contributed by atoms with Crippen molar-refractivity contribution in [1.29, 1.82) is 0 Å².